The lowest BCUT2D eigenvalue weighted by Crippen LogP contribution is -2.32. The molecule has 3 heterocycles. The van der Waals surface area contributed by atoms with Crippen molar-refractivity contribution in [2.45, 2.75) is 58.3 Å². The van der Waals surface area contributed by atoms with Crippen LogP contribution in [-0.2, 0) is 14.6 Å². The second kappa shape index (κ2) is 9.06. The number of sulfone groups is 1. The van der Waals surface area contributed by atoms with E-state index in [0.717, 1.165) is 48.5 Å². The van der Waals surface area contributed by atoms with E-state index in [2.05, 4.69) is 15.5 Å². The molecule has 1 atom stereocenters. The predicted octanol–water partition coefficient (Wildman–Crippen LogP) is 2.96. The van der Waals surface area contributed by atoms with Crippen LogP contribution in [-0.4, -0.2) is 47.5 Å². The van der Waals surface area contributed by atoms with Gasteiger partial charge in [-0.2, -0.15) is 0 Å². The van der Waals surface area contributed by atoms with Crippen LogP contribution in [0.3, 0.4) is 0 Å². The highest BCUT2D eigenvalue weighted by Gasteiger charge is 2.30. The summed E-state index contributed by atoms with van der Waals surface area (Å²) in [5, 5.41) is 7.02. The Hall–Kier alpha value is -2.29. The third-order valence-electron chi connectivity index (χ3n) is 6.45. The highest BCUT2D eigenvalue weighted by Crippen LogP contribution is 2.39. The number of nitrogens with zero attached hydrogens (tertiary/aromatic N) is 3. The first-order valence-electron chi connectivity index (χ1n) is 11.0. The lowest BCUT2D eigenvalue weighted by molar-refractivity contribution is -0.122. The average Bonchev–Trinajstić information content (AvgIpc) is 3.31. The fourth-order valence-corrected chi connectivity index (χ4v) is 6.61. The molecule has 0 spiro atoms. The van der Waals surface area contributed by atoms with Crippen molar-refractivity contribution >= 4 is 15.7 Å². The van der Waals surface area contributed by atoms with Gasteiger partial charge in [0.05, 0.1) is 28.5 Å². The van der Waals surface area contributed by atoms with Crippen LogP contribution in [0.15, 0.2) is 16.8 Å². The zero-order valence-electron chi connectivity index (χ0n) is 18.1. The van der Waals surface area contributed by atoms with E-state index in [1.54, 1.807) is 0 Å². The second-order valence-electron chi connectivity index (χ2n) is 9.04. The standard InChI is InChI=1S/C22H30N4O4S/c1-14-9-20(30-26-14)19-12-23-15(2)25-22(19)18-5-3-16(4-6-18)11-24-21(27)10-17-7-8-31(28,29)13-17/h9,12,16-18H,3-8,10-11,13H2,1-2H3,(H,24,27). The first-order valence-corrected chi connectivity index (χ1v) is 12.9. The van der Waals surface area contributed by atoms with E-state index >= 15 is 0 Å². The van der Waals surface area contributed by atoms with Crippen LogP contribution < -0.4 is 5.32 Å². The van der Waals surface area contributed by atoms with E-state index in [9.17, 15) is 13.2 Å². The Morgan fingerprint density at radius 2 is 1.94 bits per heavy atom. The Bertz CT molecular complexity index is 1040. The molecular formula is C22H30N4O4S. The molecule has 0 radical (unpaired) electrons. The van der Waals surface area contributed by atoms with Crippen LogP contribution >= 0.6 is 0 Å². The van der Waals surface area contributed by atoms with Crippen LogP contribution in [0.5, 0.6) is 0 Å². The van der Waals surface area contributed by atoms with Gasteiger partial charge in [-0.15, -0.1) is 0 Å². The van der Waals surface area contributed by atoms with E-state index in [1.165, 1.54) is 0 Å². The molecule has 1 unspecified atom stereocenters. The first-order chi connectivity index (χ1) is 14.8. The van der Waals surface area contributed by atoms with Crippen molar-refractivity contribution in [2.24, 2.45) is 11.8 Å². The highest BCUT2D eigenvalue weighted by molar-refractivity contribution is 7.91. The fraction of sp³-hybridized carbons (Fsp3) is 0.636. The van der Waals surface area contributed by atoms with Crippen molar-refractivity contribution in [1.29, 1.82) is 0 Å². The Balaban J connectivity index is 1.30. The van der Waals surface area contributed by atoms with Crippen molar-refractivity contribution in [1.82, 2.24) is 20.4 Å². The maximum absolute atomic E-state index is 12.2. The molecule has 1 aliphatic carbocycles. The number of nitrogens with one attached hydrogen (secondary N) is 1. The number of aryl methyl sites for hydroxylation is 2. The number of hydrogen-bond acceptors (Lipinski definition) is 7. The second-order valence-corrected chi connectivity index (χ2v) is 11.3. The SMILES string of the molecule is Cc1cc(-c2cnc(C)nc2C2CCC(CNC(=O)CC3CCS(=O)(=O)C3)CC2)on1. The minimum atomic E-state index is -2.94. The van der Waals surface area contributed by atoms with E-state index in [-0.39, 0.29) is 23.3 Å². The van der Waals surface area contributed by atoms with E-state index in [4.69, 9.17) is 9.51 Å². The molecule has 2 aliphatic rings. The molecule has 1 N–H and O–H groups in total. The lowest BCUT2D eigenvalue weighted by Gasteiger charge is -2.29. The summed E-state index contributed by atoms with van der Waals surface area (Å²) in [6.07, 6.45) is 6.77. The Morgan fingerprint density at radius 1 is 1.16 bits per heavy atom. The summed E-state index contributed by atoms with van der Waals surface area (Å²) < 4.78 is 28.6. The molecule has 2 fully saturated rings. The smallest absolute Gasteiger partial charge is 0.220 e. The molecule has 1 saturated heterocycles. The number of amides is 1. The van der Waals surface area contributed by atoms with Crippen molar-refractivity contribution in [2.75, 3.05) is 18.1 Å². The maximum Gasteiger partial charge on any atom is 0.220 e. The van der Waals surface area contributed by atoms with Gasteiger partial charge in [0, 0.05) is 31.1 Å². The molecule has 2 aromatic heterocycles. The van der Waals surface area contributed by atoms with E-state index < -0.39 is 9.84 Å². The summed E-state index contributed by atoms with van der Waals surface area (Å²) in [5.74, 6) is 2.53. The van der Waals surface area contributed by atoms with Gasteiger partial charge in [-0.3, -0.25) is 4.79 Å². The molecule has 0 aromatic carbocycles. The van der Waals surface area contributed by atoms with Gasteiger partial charge >= 0.3 is 0 Å². The van der Waals surface area contributed by atoms with Crippen molar-refractivity contribution in [3.05, 3.63) is 29.5 Å². The number of hydrogen-bond donors (Lipinski definition) is 1. The van der Waals surface area contributed by atoms with Crippen molar-refractivity contribution in [3.63, 3.8) is 0 Å². The van der Waals surface area contributed by atoms with Crippen molar-refractivity contribution < 1.29 is 17.7 Å². The molecule has 9 heteroatoms. The Labute approximate surface area is 183 Å². The highest BCUT2D eigenvalue weighted by atomic mass is 32.2. The summed E-state index contributed by atoms with van der Waals surface area (Å²) in [4.78, 5) is 21.3. The fourth-order valence-electron chi connectivity index (χ4n) is 4.74. The van der Waals surface area contributed by atoms with Gasteiger partial charge in [-0.05, 0) is 57.8 Å². The first kappa shape index (κ1) is 21.9. The number of aromatic nitrogens is 3. The third kappa shape index (κ3) is 5.50. The van der Waals surface area contributed by atoms with Gasteiger partial charge in [0.2, 0.25) is 5.91 Å². The van der Waals surface area contributed by atoms with Gasteiger partial charge in [0.15, 0.2) is 15.6 Å². The minimum Gasteiger partial charge on any atom is -0.356 e. The van der Waals surface area contributed by atoms with Gasteiger partial charge in [-0.25, -0.2) is 18.4 Å². The predicted molar refractivity (Wildman–Crippen MR) is 116 cm³/mol. The van der Waals surface area contributed by atoms with E-state index in [1.807, 2.05) is 26.1 Å². The Morgan fingerprint density at radius 3 is 2.58 bits per heavy atom. The van der Waals surface area contributed by atoms with Gasteiger partial charge in [0.1, 0.15) is 5.82 Å². The topological polar surface area (TPSA) is 115 Å². The molecule has 1 saturated carbocycles. The summed E-state index contributed by atoms with van der Waals surface area (Å²) in [6, 6.07) is 1.91. The molecule has 2 aromatic rings. The van der Waals surface area contributed by atoms with Gasteiger partial charge < -0.3 is 9.84 Å². The molecule has 4 rings (SSSR count). The molecule has 8 nitrogen and oxygen atoms in total. The Kier molecular flexibility index (Phi) is 6.41. The average molecular weight is 447 g/mol. The maximum atomic E-state index is 12.2. The van der Waals surface area contributed by atoms with Gasteiger partial charge in [0.25, 0.3) is 0 Å². The summed E-state index contributed by atoms with van der Waals surface area (Å²) in [5.41, 5.74) is 2.76. The molecular weight excluding hydrogens is 416 g/mol. The summed E-state index contributed by atoms with van der Waals surface area (Å²) in [6.45, 7) is 4.45. The van der Waals surface area contributed by atoms with Crippen LogP contribution in [0.4, 0.5) is 0 Å². The zero-order valence-corrected chi connectivity index (χ0v) is 19.0. The number of carbonyl (C=O) groups excluding carboxylic acids is 1. The molecule has 1 amide bonds. The zero-order chi connectivity index (χ0) is 22.0. The minimum absolute atomic E-state index is 0.0279. The third-order valence-corrected chi connectivity index (χ3v) is 8.29. The van der Waals surface area contributed by atoms with Crippen molar-refractivity contribution in [3.8, 4) is 11.3 Å². The molecule has 31 heavy (non-hydrogen) atoms. The van der Waals surface area contributed by atoms with Gasteiger partial charge in [-0.1, -0.05) is 5.16 Å². The molecule has 1 aliphatic heterocycles. The van der Waals surface area contributed by atoms with Crippen LogP contribution in [0.25, 0.3) is 11.3 Å². The summed E-state index contributed by atoms with van der Waals surface area (Å²) in [7, 11) is -2.94. The lowest BCUT2D eigenvalue weighted by atomic mass is 9.79. The number of rotatable bonds is 6. The molecule has 0 bridgehead atoms. The van der Waals surface area contributed by atoms with Crippen LogP contribution in [0.1, 0.15) is 61.7 Å². The largest absolute Gasteiger partial charge is 0.356 e. The van der Waals surface area contributed by atoms with Crippen LogP contribution in [0.2, 0.25) is 0 Å². The van der Waals surface area contributed by atoms with Crippen LogP contribution in [0, 0.1) is 25.7 Å². The van der Waals surface area contributed by atoms with E-state index in [0.29, 0.717) is 37.0 Å². The molecule has 168 valence electrons. The summed E-state index contributed by atoms with van der Waals surface area (Å²) >= 11 is 0. The normalized spacial score (nSPS) is 25.4. The number of carbonyl (C=O) groups is 1. The monoisotopic (exact) mass is 446 g/mol. The quantitative estimate of drug-likeness (QED) is 0.725.